The molecule has 0 saturated heterocycles. The van der Waals surface area contributed by atoms with Crippen LogP contribution in [0.15, 0.2) is 24.5 Å². The molecule has 0 bridgehead atoms. The Kier molecular flexibility index (Phi) is 3.51. The third-order valence-electron chi connectivity index (χ3n) is 3.26. The van der Waals surface area contributed by atoms with Gasteiger partial charge in [0.15, 0.2) is 23.3 Å². The Bertz CT molecular complexity index is 855. The highest BCUT2D eigenvalue weighted by Crippen LogP contribution is 2.30. The highest BCUT2D eigenvalue weighted by atomic mass is 19.2. The second kappa shape index (κ2) is 5.41. The van der Waals surface area contributed by atoms with Crippen molar-refractivity contribution in [3.63, 3.8) is 0 Å². The van der Waals surface area contributed by atoms with Crippen LogP contribution in [0, 0.1) is 23.3 Å². The molecule has 122 valence electrons. The molecule has 0 radical (unpaired) electrons. The molecule has 1 aromatic carbocycles. The maximum atomic E-state index is 13.7. The molecule has 0 aliphatic carbocycles. The maximum absolute atomic E-state index is 13.7. The standard InChI is InChI=1S/C14H5F4N3O3/c15-8-6-7(9(16)11(18)10(8)17)14(24)21(13(6)23)20-12(22)5-1-3-19-4-2-5/h1-4H,(H,20,22). The molecule has 10 heteroatoms. The SMILES string of the molecule is O=C(NN1C(=O)c2c(F)c(F)c(F)c(F)c2C1=O)c1ccncc1. The van der Waals surface area contributed by atoms with Crippen molar-refractivity contribution in [3.05, 3.63) is 64.5 Å². The minimum absolute atomic E-state index is 0.0140. The Balaban J connectivity index is 2.01. The van der Waals surface area contributed by atoms with Gasteiger partial charge in [-0.25, -0.2) is 17.6 Å². The van der Waals surface area contributed by atoms with Gasteiger partial charge in [0, 0.05) is 18.0 Å². The third kappa shape index (κ3) is 2.11. The topological polar surface area (TPSA) is 79.4 Å². The Labute approximate surface area is 130 Å². The van der Waals surface area contributed by atoms with Crippen LogP contribution in [0.2, 0.25) is 0 Å². The molecule has 0 saturated carbocycles. The number of hydrogen-bond acceptors (Lipinski definition) is 4. The van der Waals surface area contributed by atoms with E-state index in [2.05, 4.69) is 4.98 Å². The monoisotopic (exact) mass is 339 g/mol. The van der Waals surface area contributed by atoms with E-state index in [9.17, 15) is 31.9 Å². The highest BCUT2D eigenvalue weighted by Gasteiger charge is 2.45. The third-order valence-corrected chi connectivity index (χ3v) is 3.26. The summed E-state index contributed by atoms with van der Waals surface area (Å²) in [6.07, 6.45) is 2.50. The van der Waals surface area contributed by atoms with Crippen LogP contribution in [0.5, 0.6) is 0 Å². The number of rotatable bonds is 2. The van der Waals surface area contributed by atoms with Crippen molar-refractivity contribution < 1.29 is 31.9 Å². The zero-order valence-corrected chi connectivity index (χ0v) is 11.4. The quantitative estimate of drug-likeness (QED) is 0.390. The summed E-state index contributed by atoms with van der Waals surface area (Å²) < 4.78 is 53.9. The molecule has 2 heterocycles. The number of pyridine rings is 1. The molecule has 1 aliphatic rings. The average Bonchev–Trinajstić information content (AvgIpc) is 2.83. The first-order valence-electron chi connectivity index (χ1n) is 6.30. The summed E-state index contributed by atoms with van der Waals surface area (Å²) in [7, 11) is 0. The Morgan fingerprint density at radius 1 is 0.875 bits per heavy atom. The van der Waals surface area contributed by atoms with Crippen LogP contribution in [0.25, 0.3) is 0 Å². The van der Waals surface area contributed by atoms with Gasteiger partial charge >= 0.3 is 0 Å². The summed E-state index contributed by atoms with van der Waals surface area (Å²) in [6, 6.07) is 2.49. The van der Waals surface area contributed by atoms with Crippen LogP contribution in [0.4, 0.5) is 17.6 Å². The largest absolute Gasteiger partial charge is 0.283 e. The lowest BCUT2D eigenvalue weighted by molar-refractivity contribution is 0.0515. The summed E-state index contributed by atoms with van der Waals surface area (Å²) in [6.45, 7) is 0. The van der Waals surface area contributed by atoms with Gasteiger partial charge in [0.2, 0.25) is 0 Å². The number of fused-ring (bicyclic) bond motifs is 1. The number of hydrazine groups is 1. The van der Waals surface area contributed by atoms with Crippen molar-refractivity contribution in [1.29, 1.82) is 0 Å². The number of carbonyl (C=O) groups excluding carboxylic acids is 3. The van der Waals surface area contributed by atoms with Gasteiger partial charge in [0.25, 0.3) is 17.7 Å². The van der Waals surface area contributed by atoms with E-state index in [1.165, 1.54) is 24.5 Å². The summed E-state index contributed by atoms with van der Waals surface area (Å²) in [5.41, 5.74) is -0.761. The van der Waals surface area contributed by atoms with Crippen molar-refractivity contribution in [2.75, 3.05) is 0 Å². The normalized spacial score (nSPS) is 13.2. The van der Waals surface area contributed by atoms with E-state index in [1.807, 2.05) is 5.43 Å². The number of hydrogen-bond donors (Lipinski definition) is 1. The minimum atomic E-state index is -2.23. The van der Waals surface area contributed by atoms with E-state index in [0.29, 0.717) is 0 Å². The summed E-state index contributed by atoms with van der Waals surface area (Å²) in [5, 5.41) is -0.0154. The summed E-state index contributed by atoms with van der Waals surface area (Å²) >= 11 is 0. The smallest absolute Gasteiger partial charge is 0.267 e. The molecule has 1 aromatic heterocycles. The van der Waals surface area contributed by atoms with E-state index < -0.39 is 52.1 Å². The fourth-order valence-corrected chi connectivity index (χ4v) is 2.12. The van der Waals surface area contributed by atoms with Crippen LogP contribution in [0.1, 0.15) is 31.1 Å². The first kappa shape index (κ1) is 15.6. The van der Waals surface area contributed by atoms with Crippen molar-refractivity contribution in [3.8, 4) is 0 Å². The van der Waals surface area contributed by atoms with Gasteiger partial charge < -0.3 is 0 Å². The van der Waals surface area contributed by atoms with Crippen LogP contribution in [0.3, 0.4) is 0 Å². The fourth-order valence-electron chi connectivity index (χ4n) is 2.12. The van der Waals surface area contributed by atoms with Crippen molar-refractivity contribution in [2.45, 2.75) is 0 Å². The number of nitrogens with zero attached hydrogens (tertiary/aromatic N) is 2. The molecule has 0 spiro atoms. The molecule has 1 aliphatic heterocycles. The first-order valence-corrected chi connectivity index (χ1v) is 6.30. The van der Waals surface area contributed by atoms with Crippen LogP contribution < -0.4 is 5.43 Å². The van der Waals surface area contributed by atoms with Crippen molar-refractivity contribution in [1.82, 2.24) is 15.4 Å². The molecule has 0 unspecified atom stereocenters. The molecule has 0 fully saturated rings. The number of benzene rings is 1. The van der Waals surface area contributed by atoms with Gasteiger partial charge in [-0.15, -0.1) is 0 Å². The van der Waals surface area contributed by atoms with Crippen LogP contribution in [-0.2, 0) is 0 Å². The predicted octanol–water partition coefficient (Wildman–Crippen LogP) is 1.58. The average molecular weight is 339 g/mol. The Hall–Kier alpha value is -3.30. The minimum Gasteiger partial charge on any atom is -0.267 e. The van der Waals surface area contributed by atoms with E-state index in [0.717, 1.165) is 0 Å². The number of nitrogens with one attached hydrogen (secondary N) is 1. The van der Waals surface area contributed by atoms with Crippen LogP contribution in [-0.4, -0.2) is 27.7 Å². The van der Waals surface area contributed by atoms with Gasteiger partial charge in [-0.3, -0.25) is 24.8 Å². The number of halogens is 4. The molecule has 3 amide bonds. The van der Waals surface area contributed by atoms with Gasteiger partial charge in [-0.1, -0.05) is 0 Å². The van der Waals surface area contributed by atoms with E-state index >= 15 is 0 Å². The first-order chi connectivity index (χ1) is 11.3. The summed E-state index contributed by atoms with van der Waals surface area (Å²) in [4.78, 5) is 39.6. The number of imide groups is 1. The Morgan fingerprint density at radius 2 is 1.33 bits per heavy atom. The predicted molar refractivity (Wildman–Crippen MR) is 68.5 cm³/mol. The van der Waals surface area contributed by atoms with Gasteiger partial charge in [0.05, 0.1) is 11.1 Å². The van der Waals surface area contributed by atoms with E-state index in [1.54, 1.807) is 0 Å². The number of carbonyl (C=O) groups is 3. The highest BCUT2D eigenvalue weighted by molar-refractivity contribution is 6.22. The summed E-state index contributed by atoms with van der Waals surface area (Å²) in [5.74, 6) is -12.5. The molecular formula is C14H5F4N3O3. The van der Waals surface area contributed by atoms with Crippen molar-refractivity contribution in [2.24, 2.45) is 0 Å². The zero-order chi connectivity index (χ0) is 17.6. The molecule has 0 atom stereocenters. The second-order valence-electron chi connectivity index (χ2n) is 4.63. The van der Waals surface area contributed by atoms with Gasteiger partial charge in [0.1, 0.15) is 0 Å². The molecular weight excluding hydrogens is 334 g/mol. The zero-order valence-electron chi connectivity index (χ0n) is 11.4. The molecule has 3 rings (SSSR count). The molecule has 6 nitrogen and oxygen atoms in total. The molecule has 2 aromatic rings. The van der Waals surface area contributed by atoms with Crippen LogP contribution >= 0.6 is 0 Å². The van der Waals surface area contributed by atoms with Gasteiger partial charge in [-0.05, 0) is 12.1 Å². The van der Waals surface area contributed by atoms with E-state index in [-0.39, 0.29) is 10.6 Å². The number of amides is 3. The fraction of sp³-hybridized carbons (Fsp3) is 0. The lowest BCUT2D eigenvalue weighted by Crippen LogP contribution is -2.46. The maximum Gasteiger partial charge on any atom is 0.283 e. The second-order valence-corrected chi connectivity index (χ2v) is 4.63. The lowest BCUT2D eigenvalue weighted by atomic mass is 10.1. The lowest BCUT2D eigenvalue weighted by Gasteiger charge is -2.14. The number of aromatic nitrogens is 1. The Morgan fingerprint density at radius 3 is 1.79 bits per heavy atom. The van der Waals surface area contributed by atoms with Crippen molar-refractivity contribution >= 4 is 17.7 Å². The molecule has 24 heavy (non-hydrogen) atoms. The van der Waals surface area contributed by atoms with E-state index in [4.69, 9.17) is 0 Å². The van der Waals surface area contributed by atoms with Gasteiger partial charge in [-0.2, -0.15) is 5.01 Å². The molecule has 1 N–H and O–H groups in total.